The second-order valence-electron chi connectivity index (χ2n) is 2.57. The first-order valence-electron chi connectivity index (χ1n) is 3.38. The molecule has 0 aromatic heterocycles. The van der Waals surface area contributed by atoms with Crippen LogP contribution >= 0.6 is 0 Å². The summed E-state index contributed by atoms with van der Waals surface area (Å²) in [6.07, 6.45) is -4.76. The second-order valence-corrected chi connectivity index (χ2v) is 2.57. The zero-order chi connectivity index (χ0) is 8.43. The molecule has 3 N–H and O–H groups in total. The van der Waals surface area contributed by atoms with Crippen molar-refractivity contribution in [3.63, 3.8) is 0 Å². The maximum Gasteiger partial charge on any atom is 0.118 e. The van der Waals surface area contributed by atoms with Gasteiger partial charge in [-0.2, -0.15) is 0 Å². The number of alkyl halides is 1. The van der Waals surface area contributed by atoms with Crippen LogP contribution in [0.1, 0.15) is 0 Å². The van der Waals surface area contributed by atoms with Gasteiger partial charge in [-0.15, -0.1) is 0 Å². The van der Waals surface area contributed by atoms with Gasteiger partial charge in [0.2, 0.25) is 0 Å². The molecular formula is C6H11FO4. The van der Waals surface area contributed by atoms with Crippen LogP contribution in [0.3, 0.4) is 0 Å². The predicted molar refractivity (Wildman–Crippen MR) is 33.7 cm³/mol. The molecule has 0 aromatic carbocycles. The van der Waals surface area contributed by atoms with Crippen molar-refractivity contribution in [1.82, 2.24) is 0 Å². The van der Waals surface area contributed by atoms with Gasteiger partial charge in [-0.05, 0) is 0 Å². The molecule has 0 amide bonds. The zero-order valence-corrected chi connectivity index (χ0v) is 5.85. The van der Waals surface area contributed by atoms with Crippen LogP contribution in [0.5, 0.6) is 0 Å². The van der Waals surface area contributed by atoms with Crippen LogP contribution in [0.15, 0.2) is 0 Å². The molecule has 0 radical (unpaired) electrons. The molecule has 0 saturated carbocycles. The third-order valence-electron chi connectivity index (χ3n) is 1.76. The molecule has 1 heterocycles. The third-order valence-corrected chi connectivity index (χ3v) is 1.76. The van der Waals surface area contributed by atoms with Gasteiger partial charge in [0.15, 0.2) is 0 Å². The summed E-state index contributed by atoms with van der Waals surface area (Å²) in [4.78, 5) is 0. The zero-order valence-electron chi connectivity index (χ0n) is 5.85. The first-order chi connectivity index (χ1) is 5.16. The van der Waals surface area contributed by atoms with E-state index < -0.39 is 31.1 Å². The van der Waals surface area contributed by atoms with E-state index in [9.17, 15) is 4.39 Å². The number of aliphatic hydroxyl groups is 3. The molecule has 1 rings (SSSR count). The minimum absolute atomic E-state index is 0.132. The number of aliphatic hydroxyl groups excluding tert-OH is 3. The molecule has 0 spiro atoms. The smallest absolute Gasteiger partial charge is 0.118 e. The van der Waals surface area contributed by atoms with Crippen LogP contribution < -0.4 is 0 Å². The fourth-order valence-electron chi connectivity index (χ4n) is 1.00. The van der Waals surface area contributed by atoms with Crippen molar-refractivity contribution in [3.05, 3.63) is 0 Å². The molecule has 0 aromatic rings. The molecule has 1 aliphatic rings. The molecule has 4 atom stereocenters. The molecule has 1 fully saturated rings. The van der Waals surface area contributed by atoms with Crippen LogP contribution in [-0.4, -0.2) is 53.0 Å². The summed E-state index contributed by atoms with van der Waals surface area (Å²) < 4.78 is 16.6. The summed E-state index contributed by atoms with van der Waals surface area (Å²) in [5.74, 6) is 0. The largest absolute Gasteiger partial charge is 0.388 e. The average Bonchev–Trinajstić information content (AvgIpc) is 2.01. The maximum absolute atomic E-state index is 12.0. The predicted octanol–water partition coefficient (Wildman–Crippen LogP) is -1.56. The highest BCUT2D eigenvalue weighted by molar-refractivity contribution is 4.85. The highest BCUT2D eigenvalue weighted by Gasteiger charge is 2.37. The molecule has 1 saturated heterocycles. The summed E-state index contributed by atoms with van der Waals surface area (Å²) in [5.41, 5.74) is 0. The highest BCUT2D eigenvalue weighted by Crippen LogP contribution is 2.15. The Balaban J connectivity index is 2.52. The molecular weight excluding hydrogens is 155 g/mol. The third kappa shape index (κ3) is 1.67. The van der Waals surface area contributed by atoms with Crippen molar-refractivity contribution < 1.29 is 24.4 Å². The van der Waals surface area contributed by atoms with E-state index >= 15 is 0 Å². The van der Waals surface area contributed by atoms with Crippen molar-refractivity contribution in [1.29, 1.82) is 0 Å². The number of rotatable bonds is 1. The summed E-state index contributed by atoms with van der Waals surface area (Å²) in [6, 6.07) is 0. The van der Waals surface area contributed by atoms with E-state index in [2.05, 4.69) is 4.74 Å². The van der Waals surface area contributed by atoms with Gasteiger partial charge in [0.1, 0.15) is 31.1 Å². The van der Waals surface area contributed by atoms with E-state index in [0.29, 0.717) is 0 Å². The van der Waals surface area contributed by atoms with Crippen molar-refractivity contribution in [3.8, 4) is 0 Å². The van der Waals surface area contributed by atoms with Gasteiger partial charge < -0.3 is 20.1 Å². The van der Waals surface area contributed by atoms with Crippen molar-refractivity contribution in [2.75, 3.05) is 13.3 Å². The van der Waals surface area contributed by atoms with Crippen molar-refractivity contribution in [2.24, 2.45) is 0 Å². The molecule has 5 heteroatoms. The Morgan fingerprint density at radius 2 is 1.91 bits per heavy atom. The highest BCUT2D eigenvalue weighted by atomic mass is 19.1. The van der Waals surface area contributed by atoms with E-state index in [1.807, 2.05) is 0 Å². The maximum atomic E-state index is 12.0. The Morgan fingerprint density at radius 3 is 2.45 bits per heavy atom. The quantitative estimate of drug-likeness (QED) is 0.440. The first-order valence-corrected chi connectivity index (χ1v) is 3.38. The van der Waals surface area contributed by atoms with Crippen molar-refractivity contribution in [2.45, 2.75) is 24.4 Å². The number of hydrogen-bond acceptors (Lipinski definition) is 4. The molecule has 4 nitrogen and oxygen atoms in total. The van der Waals surface area contributed by atoms with Crippen LogP contribution in [0.25, 0.3) is 0 Å². The minimum Gasteiger partial charge on any atom is -0.388 e. The summed E-state index contributed by atoms with van der Waals surface area (Å²) in [5, 5.41) is 26.9. The van der Waals surface area contributed by atoms with Crippen molar-refractivity contribution >= 4 is 0 Å². The Hall–Kier alpha value is -0.230. The standard InChI is InChI=1S/C6H11FO4/c7-1-4-6(10)5(9)3(8)2-11-4/h3-6,8-10H,1-2H2/t3?,4?,5?,6-/m0/s1. The van der Waals surface area contributed by atoms with Crippen LogP contribution in [0.2, 0.25) is 0 Å². The normalized spacial score (nSPS) is 45.8. The lowest BCUT2D eigenvalue weighted by Crippen LogP contribution is -2.53. The molecule has 66 valence electrons. The van der Waals surface area contributed by atoms with Crippen LogP contribution in [0, 0.1) is 0 Å². The minimum atomic E-state index is -1.33. The van der Waals surface area contributed by atoms with Gasteiger partial charge in [0.05, 0.1) is 6.61 Å². The molecule has 1 aliphatic heterocycles. The average molecular weight is 166 g/mol. The fraction of sp³-hybridized carbons (Fsp3) is 1.00. The fourth-order valence-corrected chi connectivity index (χ4v) is 1.00. The Kier molecular flexibility index (Phi) is 2.78. The molecule has 0 bridgehead atoms. The van der Waals surface area contributed by atoms with E-state index in [1.165, 1.54) is 0 Å². The van der Waals surface area contributed by atoms with E-state index in [-0.39, 0.29) is 6.61 Å². The van der Waals surface area contributed by atoms with Gasteiger partial charge in [-0.1, -0.05) is 0 Å². The van der Waals surface area contributed by atoms with E-state index in [1.54, 1.807) is 0 Å². The lowest BCUT2D eigenvalue weighted by molar-refractivity contribution is -0.190. The number of halogens is 1. The summed E-state index contributed by atoms with van der Waals surface area (Å²) in [6.45, 7) is -0.988. The topological polar surface area (TPSA) is 69.9 Å². The second kappa shape index (κ2) is 3.44. The van der Waals surface area contributed by atoms with Gasteiger partial charge in [-0.25, -0.2) is 4.39 Å². The molecule has 11 heavy (non-hydrogen) atoms. The first kappa shape index (κ1) is 8.86. The van der Waals surface area contributed by atoms with E-state index in [4.69, 9.17) is 15.3 Å². The SMILES string of the molecule is OC1COC(CF)[C@H](O)C1O. The van der Waals surface area contributed by atoms with Gasteiger partial charge in [0, 0.05) is 0 Å². The Labute approximate surface area is 63.2 Å². The van der Waals surface area contributed by atoms with Crippen LogP contribution in [-0.2, 0) is 4.74 Å². The monoisotopic (exact) mass is 166 g/mol. The van der Waals surface area contributed by atoms with Gasteiger partial charge >= 0.3 is 0 Å². The molecule has 0 aliphatic carbocycles. The lowest BCUT2D eigenvalue weighted by Gasteiger charge is -2.33. The summed E-state index contributed by atoms with van der Waals surface area (Å²) >= 11 is 0. The molecule has 3 unspecified atom stereocenters. The van der Waals surface area contributed by atoms with E-state index in [0.717, 1.165) is 0 Å². The van der Waals surface area contributed by atoms with Gasteiger partial charge in [0.25, 0.3) is 0 Å². The number of ether oxygens (including phenoxy) is 1. The Bertz CT molecular complexity index is 130. The lowest BCUT2D eigenvalue weighted by atomic mass is 10.0. The number of hydrogen-bond donors (Lipinski definition) is 3. The van der Waals surface area contributed by atoms with Gasteiger partial charge in [-0.3, -0.25) is 0 Å². The summed E-state index contributed by atoms with van der Waals surface area (Å²) in [7, 11) is 0. The Morgan fingerprint density at radius 1 is 1.27 bits per heavy atom. The van der Waals surface area contributed by atoms with Crippen LogP contribution in [0.4, 0.5) is 4.39 Å².